The van der Waals surface area contributed by atoms with Crippen molar-refractivity contribution < 1.29 is 9.84 Å². The zero-order valence-electron chi connectivity index (χ0n) is 23.8. The first kappa shape index (κ1) is 27.6. The van der Waals surface area contributed by atoms with Crippen molar-refractivity contribution >= 4 is 5.69 Å². The second-order valence-electron chi connectivity index (χ2n) is 11.6. The molecular weight excluding hydrogens is 480 g/mol. The number of benzene rings is 3. The molecule has 0 saturated carbocycles. The monoisotopic (exact) mass is 526 g/mol. The molecule has 1 saturated heterocycles. The average Bonchev–Trinajstić information content (AvgIpc) is 2.95. The van der Waals surface area contributed by atoms with Gasteiger partial charge < -0.3 is 20.1 Å². The third kappa shape index (κ3) is 7.79. The van der Waals surface area contributed by atoms with Gasteiger partial charge in [0.1, 0.15) is 11.5 Å². The van der Waals surface area contributed by atoms with Crippen molar-refractivity contribution in [1.29, 1.82) is 0 Å². The molecule has 0 bridgehead atoms. The second kappa shape index (κ2) is 13.9. The highest BCUT2D eigenvalue weighted by molar-refractivity contribution is 5.57. The molecule has 3 aromatic rings. The van der Waals surface area contributed by atoms with E-state index >= 15 is 0 Å². The maximum atomic E-state index is 9.85. The number of aryl methyl sites for hydroxylation is 2. The molecule has 2 N–H and O–H groups in total. The van der Waals surface area contributed by atoms with Crippen LogP contribution in [0, 0.1) is 0 Å². The number of ether oxygens (including phenoxy) is 1. The number of rotatable bonds is 10. The van der Waals surface area contributed by atoms with Gasteiger partial charge in [0.25, 0.3) is 0 Å². The highest BCUT2D eigenvalue weighted by atomic mass is 16.5. The van der Waals surface area contributed by atoms with Crippen molar-refractivity contribution in [3.05, 3.63) is 88.5 Å². The number of hydrogen-bond donors (Lipinski definition) is 2. The number of likely N-dealkylation sites (tertiary alicyclic amines) is 1. The lowest BCUT2D eigenvalue weighted by Crippen LogP contribution is -2.29. The number of hydrogen-bond acceptors (Lipinski definition) is 4. The molecule has 4 heteroatoms. The normalized spacial score (nSPS) is 18.1. The number of phenolic OH excluding ortho intramolecular Hbond substituents is 1. The summed E-state index contributed by atoms with van der Waals surface area (Å²) in [6, 6.07) is 21.7. The maximum Gasteiger partial charge on any atom is 0.120 e. The molecule has 5 rings (SSSR count). The molecule has 0 unspecified atom stereocenters. The number of phenols is 1. The van der Waals surface area contributed by atoms with Gasteiger partial charge in [0, 0.05) is 24.8 Å². The highest BCUT2D eigenvalue weighted by Gasteiger charge is 2.23. The van der Waals surface area contributed by atoms with Crippen molar-refractivity contribution in [3.8, 4) is 11.5 Å². The summed E-state index contributed by atoms with van der Waals surface area (Å²) in [6.07, 6.45) is 13.4. The lowest BCUT2D eigenvalue weighted by molar-refractivity contribution is 0.250. The third-order valence-electron chi connectivity index (χ3n) is 8.76. The largest absolute Gasteiger partial charge is 0.508 e. The zero-order valence-corrected chi connectivity index (χ0v) is 23.8. The van der Waals surface area contributed by atoms with E-state index < -0.39 is 0 Å². The molecule has 1 heterocycles. The number of nitrogens with zero attached hydrogens (tertiary/aromatic N) is 1. The van der Waals surface area contributed by atoms with Crippen LogP contribution < -0.4 is 10.1 Å². The summed E-state index contributed by atoms with van der Waals surface area (Å²) in [4.78, 5) is 2.67. The number of methoxy groups -OCH3 is 1. The van der Waals surface area contributed by atoms with E-state index in [-0.39, 0.29) is 0 Å². The van der Waals surface area contributed by atoms with Gasteiger partial charge in [-0.3, -0.25) is 0 Å². The first-order valence-corrected chi connectivity index (χ1v) is 15.2. The minimum absolute atomic E-state index is 0.372. The molecule has 0 amide bonds. The van der Waals surface area contributed by atoms with Crippen LogP contribution in [-0.2, 0) is 25.7 Å². The Labute approximate surface area is 235 Å². The van der Waals surface area contributed by atoms with E-state index in [1.54, 1.807) is 7.11 Å². The Morgan fingerprint density at radius 2 is 1.59 bits per heavy atom. The molecule has 1 aliphatic carbocycles. The molecule has 0 radical (unpaired) electrons. The van der Waals surface area contributed by atoms with Crippen LogP contribution in [-0.4, -0.2) is 43.3 Å². The van der Waals surface area contributed by atoms with Gasteiger partial charge in [0.05, 0.1) is 7.11 Å². The maximum absolute atomic E-state index is 9.85. The van der Waals surface area contributed by atoms with Crippen molar-refractivity contribution in [3.63, 3.8) is 0 Å². The van der Waals surface area contributed by atoms with E-state index in [4.69, 9.17) is 4.74 Å². The fourth-order valence-electron chi connectivity index (χ4n) is 6.39. The average molecular weight is 527 g/mol. The minimum atomic E-state index is 0.372. The predicted molar refractivity (Wildman–Crippen MR) is 162 cm³/mol. The molecule has 39 heavy (non-hydrogen) atoms. The standard InChI is InChI=1S/C35H46N2O2/c1-39-33-17-18-34(31-14-13-30-25-32(38)16-15-29(30)24-31)35(26-33)36-20-7-8-27-9-11-28(12-10-27)19-23-37-21-5-3-2-4-6-22-37/h9-12,15-18,25-26,31,36,38H,2-8,13-14,19-24H2,1H3/t31-/m1/s1. The van der Waals surface area contributed by atoms with Crippen LogP contribution in [0.4, 0.5) is 5.69 Å². The smallest absolute Gasteiger partial charge is 0.120 e. The zero-order chi connectivity index (χ0) is 26.9. The first-order chi connectivity index (χ1) is 19.2. The lowest BCUT2D eigenvalue weighted by atomic mass is 9.79. The molecule has 3 aromatic carbocycles. The van der Waals surface area contributed by atoms with Gasteiger partial charge in [-0.2, -0.15) is 0 Å². The summed E-state index contributed by atoms with van der Waals surface area (Å²) in [7, 11) is 1.74. The van der Waals surface area contributed by atoms with Crippen LogP contribution in [0.15, 0.2) is 60.7 Å². The van der Waals surface area contributed by atoms with Crippen LogP contribution in [0.3, 0.4) is 0 Å². The van der Waals surface area contributed by atoms with Crippen molar-refractivity contribution in [2.24, 2.45) is 0 Å². The van der Waals surface area contributed by atoms with Gasteiger partial charge in [-0.1, -0.05) is 55.7 Å². The molecule has 2 aliphatic rings. The number of aromatic hydroxyl groups is 1. The summed E-state index contributed by atoms with van der Waals surface area (Å²) in [6.45, 7) is 4.69. The SMILES string of the molecule is COc1ccc([C@@H]2CCc3cc(O)ccc3C2)c(NCCCc2ccc(CCN3CCCCCCC3)cc2)c1. The van der Waals surface area contributed by atoms with E-state index in [0.717, 1.165) is 50.8 Å². The summed E-state index contributed by atoms with van der Waals surface area (Å²) in [5.41, 5.74) is 8.10. The van der Waals surface area contributed by atoms with Crippen LogP contribution in [0.1, 0.15) is 78.7 Å². The molecule has 1 atom stereocenters. The molecule has 4 nitrogen and oxygen atoms in total. The van der Waals surface area contributed by atoms with E-state index in [2.05, 4.69) is 58.7 Å². The molecule has 0 spiro atoms. The van der Waals surface area contributed by atoms with Crippen molar-refractivity contribution in [2.45, 2.75) is 76.5 Å². The van der Waals surface area contributed by atoms with E-state index in [1.165, 1.54) is 85.2 Å². The van der Waals surface area contributed by atoms with Crippen LogP contribution in [0.25, 0.3) is 0 Å². The number of anilines is 1. The molecule has 208 valence electrons. The van der Waals surface area contributed by atoms with E-state index in [0.29, 0.717) is 11.7 Å². The third-order valence-corrected chi connectivity index (χ3v) is 8.76. The van der Waals surface area contributed by atoms with Gasteiger partial charge in [-0.05, 0) is 116 Å². The van der Waals surface area contributed by atoms with Crippen LogP contribution in [0.2, 0.25) is 0 Å². The summed E-state index contributed by atoms with van der Waals surface area (Å²) in [5, 5.41) is 13.6. The van der Waals surface area contributed by atoms with Crippen LogP contribution in [0.5, 0.6) is 11.5 Å². The molecular formula is C35H46N2O2. The summed E-state index contributed by atoms with van der Waals surface area (Å²) in [5.74, 6) is 1.74. The van der Waals surface area contributed by atoms with Gasteiger partial charge in [-0.15, -0.1) is 0 Å². The summed E-state index contributed by atoms with van der Waals surface area (Å²) < 4.78 is 5.55. The van der Waals surface area contributed by atoms with Crippen LogP contribution >= 0.6 is 0 Å². The Bertz CT molecular complexity index is 1180. The molecule has 0 aromatic heterocycles. The van der Waals surface area contributed by atoms with Crippen molar-refractivity contribution in [2.75, 3.05) is 38.6 Å². The molecule has 1 fully saturated rings. The van der Waals surface area contributed by atoms with Gasteiger partial charge in [-0.25, -0.2) is 0 Å². The lowest BCUT2D eigenvalue weighted by Gasteiger charge is -2.27. The Morgan fingerprint density at radius 3 is 2.36 bits per heavy atom. The summed E-state index contributed by atoms with van der Waals surface area (Å²) >= 11 is 0. The number of nitrogens with one attached hydrogen (secondary N) is 1. The fourth-order valence-corrected chi connectivity index (χ4v) is 6.39. The Morgan fingerprint density at radius 1 is 0.846 bits per heavy atom. The van der Waals surface area contributed by atoms with E-state index in [1.807, 2.05) is 12.1 Å². The van der Waals surface area contributed by atoms with Gasteiger partial charge >= 0.3 is 0 Å². The second-order valence-corrected chi connectivity index (χ2v) is 11.6. The Hall–Kier alpha value is -2.98. The molecule has 1 aliphatic heterocycles. The first-order valence-electron chi connectivity index (χ1n) is 15.2. The van der Waals surface area contributed by atoms with E-state index in [9.17, 15) is 5.11 Å². The highest BCUT2D eigenvalue weighted by Crippen LogP contribution is 2.38. The topological polar surface area (TPSA) is 44.7 Å². The Kier molecular flexibility index (Phi) is 9.82. The fraction of sp³-hybridized carbons (Fsp3) is 0.486. The quantitative estimate of drug-likeness (QED) is 0.268. The van der Waals surface area contributed by atoms with Crippen molar-refractivity contribution in [1.82, 2.24) is 4.90 Å². The van der Waals surface area contributed by atoms with Gasteiger partial charge in [0.15, 0.2) is 0 Å². The predicted octanol–water partition coefficient (Wildman–Crippen LogP) is 7.53. The number of fused-ring (bicyclic) bond motifs is 1. The van der Waals surface area contributed by atoms with Gasteiger partial charge in [0.2, 0.25) is 0 Å². The Balaban J connectivity index is 1.12. The minimum Gasteiger partial charge on any atom is -0.508 e.